The first-order chi connectivity index (χ1) is 9.92. The standard InChI is InChI=1S/C15H17ClFNO3/c1-2-8-5-10(11(6-8)15(20)21)14(19)18-13-4-3-9(16)7-12(13)17/h3-4,7-8,10-11H,2,5-6H2,1H3,(H,18,19)(H,20,21)/t8?,10-,11+/m0/s1. The molecule has 6 heteroatoms. The molecule has 3 atom stereocenters. The maximum atomic E-state index is 13.7. The van der Waals surface area contributed by atoms with Crippen LogP contribution in [-0.4, -0.2) is 17.0 Å². The van der Waals surface area contributed by atoms with Crippen molar-refractivity contribution in [1.82, 2.24) is 0 Å². The van der Waals surface area contributed by atoms with Gasteiger partial charge in [-0.25, -0.2) is 4.39 Å². The molecule has 0 saturated heterocycles. The van der Waals surface area contributed by atoms with Crippen molar-refractivity contribution in [2.24, 2.45) is 17.8 Å². The number of rotatable bonds is 4. The topological polar surface area (TPSA) is 66.4 Å². The monoisotopic (exact) mass is 313 g/mol. The van der Waals surface area contributed by atoms with Crippen LogP contribution in [-0.2, 0) is 9.59 Å². The SMILES string of the molecule is CCC1C[C@H](C(=O)Nc2ccc(Cl)cc2F)[C@H](C(=O)O)C1. The lowest BCUT2D eigenvalue weighted by molar-refractivity contribution is -0.145. The summed E-state index contributed by atoms with van der Waals surface area (Å²) in [6, 6.07) is 3.95. The average molecular weight is 314 g/mol. The fourth-order valence-corrected chi connectivity index (χ4v) is 3.01. The Balaban J connectivity index is 2.13. The summed E-state index contributed by atoms with van der Waals surface area (Å²) in [6.45, 7) is 1.97. The molecule has 2 N–H and O–H groups in total. The van der Waals surface area contributed by atoms with Crippen molar-refractivity contribution < 1.29 is 19.1 Å². The zero-order valence-electron chi connectivity index (χ0n) is 11.6. The molecule has 0 aliphatic heterocycles. The summed E-state index contributed by atoms with van der Waals surface area (Å²) in [4.78, 5) is 23.5. The maximum Gasteiger partial charge on any atom is 0.307 e. The molecule has 21 heavy (non-hydrogen) atoms. The minimum atomic E-state index is -0.970. The van der Waals surface area contributed by atoms with Crippen molar-refractivity contribution in [1.29, 1.82) is 0 Å². The predicted octanol–water partition coefficient (Wildman–Crippen LogP) is 3.55. The minimum Gasteiger partial charge on any atom is -0.481 e. The van der Waals surface area contributed by atoms with E-state index in [9.17, 15) is 19.1 Å². The molecule has 0 bridgehead atoms. The van der Waals surface area contributed by atoms with E-state index in [0.29, 0.717) is 12.8 Å². The van der Waals surface area contributed by atoms with Crippen LogP contribution in [0, 0.1) is 23.6 Å². The van der Waals surface area contributed by atoms with Crippen LogP contribution in [0.1, 0.15) is 26.2 Å². The molecule has 114 valence electrons. The van der Waals surface area contributed by atoms with Crippen LogP contribution in [0.5, 0.6) is 0 Å². The largest absolute Gasteiger partial charge is 0.481 e. The van der Waals surface area contributed by atoms with E-state index in [1.165, 1.54) is 12.1 Å². The molecule has 1 amide bonds. The van der Waals surface area contributed by atoms with E-state index in [0.717, 1.165) is 12.5 Å². The molecular weight excluding hydrogens is 297 g/mol. The molecule has 0 aromatic heterocycles. The van der Waals surface area contributed by atoms with Crippen LogP contribution in [0.15, 0.2) is 18.2 Å². The summed E-state index contributed by atoms with van der Waals surface area (Å²) in [6.07, 6.45) is 1.85. The highest BCUT2D eigenvalue weighted by Crippen LogP contribution is 2.39. The second kappa shape index (κ2) is 6.43. The Hall–Kier alpha value is -1.62. The highest BCUT2D eigenvalue weighted by atomic mass is 35.5. The van der Waals surface area contributed by atoms with Crippen molar-refractivity contribution in [3.8, 4) is 0 Å². The second-order valence-electron chi connectivity index (χ2n) is 5.41. The first kappa shape index (κ1) is 15.8. The first-order valence-electron chi connectivity index (χ1n) is 6.91. The first-order valence-corrected chi connectivity index (χ1v) is 7.28. The third kappa shape index (κ3) is 3.53. The average Bonchev–Trinajstić information content (AvgIpc) is 2.86. The number of carboxylic acids is 1. The molecule has 0 heterocycles. The number of halogens is 2. The molecule has 1 aromatic carbocycles. The van der Waals surface area contributed by atoms with Crippen molar-refractivity contribution in [2.75, 3.05) is 5.32 Å². The van der Waals surface area contributed by atoms with Crippen LogP contribution in [0.25, 0.3) is 0 Å². The van der Waals surface area contributed by atoms with Gasteiger partial charge < -0.3 is 10.4 Å². The van der Waals surface area contributed by atoms with Crippen molar-refractivity contribution in [3.63, 3.8) is 0 Å². The Morgan fingerprint density at radius 3 is 2.62 bits per heavy atom. The third-order valence-electron chi connectivity index (χ3n) is 4.08. The number of carbonyl (C=O) groups is 2. The van der Waals surface area contributed by atoms with Gasteiger partial charge in [-0.05, 0) is 37.0 Å². The molecule has 1 unspecified atom stereocenters. The summed E-state index contributed by atoms with van der Waals surface area (Å²) in [5.41, 5.74) is 0.0217. The quantitative estimate of drug-likeness (QED) is 0.893. The Morgan fingerprint density at radius 2 is 2.05 bits per heavy atom. The highest BCUT2D eigenvalue weighted by molar-refractivity contribution is 6.30. The number of carboxylic acid groups (broad SMARTS) is 1. The number of amides is 1. The van der Waals surface area contributed by atoms with Gasteiger partial charge in [0.1, 0.15) is 5.82 Å². The summed E-state index contributed by atoms with van der Waals surface area (Å²) < 4.78 is 13.7. The van der Waals surface area contributed by atoms with Gasteiger partial charge in [-0.15, -0.1) is 0 Å². The van der Waals surface area contributed by atoms with Gasteiger partial charge in [-0.3, -0.25) is 9.59 Å². The van der Waals surface area contributed by atoms with Gasteiger partial charge in [-0.2, -0.15) is 0 Å². The van der Waals surface area contributed by atoms with Crippen LogP contribution >= 0.6 is 11.6 Å². The zero-order valence-corrected chi connectivity index (χ0v) is 12.4. The smallest absolute Gasteiger partial charge is 0.307 e. The molecule has 0 spiro atoms. The Kier molecular flexibility index (Phi) is 4.83. The number of hydrogen-bond acceptors (Lipinski definition) is 2. The van der Waals surface area contributed by atoms with Crippen LogP contribution < -0.4 is 5.32 Å². The summed E-state index contributed by atoms with van der Waals surface area (Å²) in [7, 11) is 0. The van der Waals surface area contributed by atoms with Gasteiger partial charge >= 0.3 is 5.97 Å². The van der Waals surface area contributed by atoms with Crippen molar-refractivity contribution in [2.45, 2.75) is 26.2 Å². The normalized spacial score (nSPS) is 24.8. The molecule has 1 aliphatic rings. The lowest BCUT2D eigenvalue weighted by Gasteiger charge is -2.16. The van der Waals surface area contributed by atoms with Gasteiger partial charge in [0.15, 0.2) is 0 Å². The lowest BCUT2D eigenvalue weighted by Crippen LogP contribution is -2.30. The van der Waals surface area contributed by atoms with E-state index >= 15 is 0 Å². The fourth-order valence-electron chi connectivity index (χ4n) is 2.86. The molecule has 2 rings (SSSR count). The van der Waals surface area contributed by atoms with Crippen molar-refractivity contribution >= 4 is 29.2 Å². The van der Waals surface area contributed by atoms with Gasteiger partial charge in [0.05, 0.1) is 17.5 Å². The maximum absolute atomic E-state index is 13.7. The number of anilines is 1. The van der Waals surface area contributed by atoms with Crippen LogP contribution in [0.4, 0.5) is 10.1 Å². The molecule has 1 saturated carbocycles. The molecule has 1 aliphatic carbocycles. The minimum absolute atomic E-state index is 0.0217. The number of carbonyl (C=O) groups excluding carboxylic acids is 1. The van der Waals surface area contributed by atoms with Gasteiger partial charge in [0.25, 0.3) is 0 Å². The van der Waals surface area contributed by atoms with E-state index in [1.807, 2.05) is 6.92 Å². The highest BCUT2D eigenvalue weighted by Gasteiger charge is 2.42. The van der Waals surface area contributed by atoms with E-state index in [2.05, 4.69) is 5.32 Å². The lowest BCUT2D eigenvalue weighted by atomic mass is 9.95. The van der Waals surface area contributed by atoms with Crippen molar-refractivity contribution in [3.05, 3.63) is 29.0 Å². The van der Waals surface area contributed by atoms with E-state index < -0.39 is 29.5 Å². The number of benzene rings is 1. The number of nitrogens with one attached hydrogen (secondary N) is 1. The van der Waals surface area contributed by atoms with E-state index in [4.69, 9.17) is 11.6 Å². The van der Waals surface area contributed by atoms with Gasteiger partial charge in [0.2, 0.25) is 5.91 Å². The van der Waals surface area contributed by atoms with Gasteiger partial charge in [-0.1, -0.05) is 24.9 Å². The number of aliphatic carboxylic acids is 1. The van der Waals surface area contributed by atoms with Crippen LogP contribution in [0.3, 0.4) is 0 Å². The third-order valence-corrected chi connectivity index (χ3v) is 4.32. The van der Waals surface area contributed by atoms with Gasteiger partial charge in [0, 0.05) is 5.02 Å². The number of hydrogen-bond donors (Lipinski definition) is 2. The molecule has 1 aromatic rings. The summed E-state index contributed by atoms with van der Waals surface area (Å²) in [5, 5.41) is 11.9. The molecule has 1 fully saturated rings. The second-order valence-corrected chi connectivity index (χ2v) is 5.85. The van der Waals surface area contributed by atoms with E-state index in [-0.39, 0.29) is 16.6 Å². The summed E-state index contributed by atoms with van der Waals surface area (Å²) >= 11 is 5.65. The van der Waals surface area contributed by atoms with E-state index in [1.54, 1.807) is 0 Å². The summed E-state index contributed by atoms with van der Waals surface area (Å²) in [5.74, 6) is -3.15. The Bertz CT molecular complexity index is 564. The Labute approximate surface area is 127 Å². The van der Waals surface area contributed by atoms with Crippen LogP contribution in [0.2, 0.25) is 5.02 Å². The predicted molar refractivity (Wildman–Crippen MR) is 77.7 cm³/mol. The zero-order chi connectivity index (χ0) is 15.6. The Morgan fingerprint density at radius 1 is 1.38 bits per heavy atom. The fraction of sp³-hybridized carbons (Fsp3) is 0.467. The molecule has 0 radical (unpaired) electrons. The molecular formula is C15H17ClFNO3. The molecule has 4 nitrogen and oxygen atoms in total.